The van der Waals surface area contributed by atoms with Crippen LogP contribution in [0.5, 0.6) is 0 Å². The molecule has 88 valence electrons. The van der Waals surface area contributed by atoms with Gasteiger partial charge in [-0.05, 0) is 11.3 Å². The van der Waals surface area contributed by atoms with Gasteiger partial charge in [0.2, 0.25) is 6.33 Å². The fraction of sp³-hybridized carbons (Fsp3) is 0.625. The molecule has 16 heavy (non-hydrogen) atoms. The number of hydrogen-bond acceptors (Lipinski definition) is 5. The maximum absolute atomic E-state index is 10.9. The predicted molar refractivity (Wildman–Crippen MR) is 52.9 cm³/mol. The predicted octanol–water partition coefficient (Wildman–Crippen LogP) is 1.00. The van der Waals surface area contributed by atoms with Gasteiger partial charge in [0, 0.05) is 5.10 Å². The summed E-state index contributed by atoms with van der Waals surface area (Å²) in [6, 6.07) is -0.888. The molecule has 0 aromatic carbocycles. The molecule has 1 unspecified atom stereocenters. The summed E-state index contributed by atoms with van der Waals surface area (Å²) in [5, 5.41) is 22.8. The number of carboxylic acid groups (broad SMARTS) is 1. The van der Waals surface area contributed by atoms with Crippen LogP contribution in [0.3, 0.4) is 0 Å². The Labute approximate surface area is 91.1 Å². The van der Waals surface area contributed by atoms with E-state index in [-0.39, 0.29) is 0 Å². The number of carboxylic acids is 1. The fourth-order valence-electron chi connectivity index (χ4n) is 1.27. The van der Waals surface area contributed by atoms with Crippen LogP contribution in [0.15, 0.2) is 6.33 Å². The molecule has 0 fully saturated rings. The number of nitrogens with zero attached hydrogens (tertiary/aromatic N) is 4. The molecule has 8 nitrogen and oxygen atoms in total. The summed E-state index contributed by atoms with van der Waals surface area (Å²) < 4.78 is 1.02. The molecule has 0 spiro atoms. The summed E-state index contributed by atoms with van der Waals surface area (Å²) in [4.78, 5) is 23.9. The second kappa shape index (κ2) is 5.19. The number of aliphatic carboxylic acids is 1. The molecule has 0 aliphatic rings. The van der Waals surface area contributed by atoms with Crippen molar-refractivity contribution in [1.29, 1.82) is 0 Å². The molecule has 1 aromatic rings. The molecule has 1 N–H and O–H groups in total. The van der Waals surface area contributed by atoms with E-state index in [1.807, 2.05) is 6.92 Å². The highest BCUT2D eigenvalue weighted by Gasteiger charge is 2.25. The molecule has 0 bridgehead atoms. The van der Waals surface area contributed by atoms with Crippen LogP contribution in [-0.2, 0) is 4.79 Å². The van der Waals surface area contributed by atoms with E-state index < -0.39 is 22.9 Å². The van der Waals surface area contributed by atoms with Gasteiger partial charge in [-0.1, -0.05) is 24.7 Å². The SMILES string of the molecule is CCCCC(C(=O)O)n1cnc([N+](=O)[O-])n1. The van der Waals surface area contributed by atoms with Crippen molar-refractivity contribution < 1.29 is 14.8 Å². The van der Waals surface area contributed by atoms with Gasteiger partial charge in [-0.15, -0.1) is 0 Å². The van der Waals surface area contributed by atoms with Crippen LogP contribution in [0.1, 0.15) is 32.2 Å². The Hall–Kier alpha value is -1.99. The zero-order valence-electron chi connectivity index (χ0n) is 8.74. The van der Waals surface area contributed by atoms with Crippen LogP contribution < -0.4 is 0 Å². The van der Waals surface area contributed by atoms with E-state index in [0.717, 1.165) is 17.4 Å². The van der Waals surface area contributed by atoms with Crippen LogP contribution in [-0.4, -0.2) is 30.8 Å². The average Bonchev–Trinajstić information content (AvgIpc) is 2.67. The minimum atomic E-state index is -1.06. The molecular weight excluding hydrogens is 216 g/mol. The first-order valence-corrected chi connectivity index (χ1v) is 4.84. The van der Waals surface area contributed by atoms with E-state index in [1.54, 1.807) is 0 Å². The molecule has 1 heterocycles. The van der Waals surface area contributed by atoms with Crippen LogP contribution in [0, 0.1) is 10.1 Å². The molecule has 0 saturated heterocycles. The minimum absolute atomic E-state index is 0.381. The maximum Gasteiger partial charge on any atom is 0.490 e. The Kier molecular flexibility index (Phi) is 3.92. The number of unbranched alkanes of at least 4 members (excludes halogenated alkanes) is 1. The van der Waals surface area contributed by atoms with Crippen molar-refractivity contribution >= 4 is 11.9 Å². The third kappa shape index (κ3) is 2.75. The Bertz CT molecular complexity index is 389. The lowest BCUT2D eigenvalue weighted by molar-refractivity contribution is -0.394. The van der Waals surface area contributed by atoms with Gasteiger partial charge in [-0.3, -0.25) is 0 Å². The number of hydrogen-bond donors (Lipinski definition) is 1. The number of carbonyl (C=O) groups is 1. The Balaban J connectivity index is 2.84. The zero-order valence-corrected chi connectivity index (χ0v) is 8.74. The Morgan fingerprint density at radius 3 is 2.88 bits per heavy atom. The molecule has 0 aliphatic heterocycles. The molecule has 1 rings (SSSR count). The molecule has 0 aliphatic carbocycles. The monoisotopic (exact) mass is 228 g/mol. The van der Waals surface area contributed by atoms with Gasteiger partial charge in [0.05, 0.1) is 0 Å². The van der Waals surface area contributed by atoms with Crippen molar-refractivity contribution in [3.8, 4) is 0 Å². The zero-order chi connectivity index (χ0) is 12.1. The van der Waals surface area contributed by atoms with Gasteiger partial charge in [0.25, 0.3) is 0 Å². The first-order chi connectivity index (χ1) is 7.56. The summed E-state index contributed by atoms with van der Waals surface area (Å²) in [5.74, 6) is -1.64. The third-order valence-corrected chi connectivity index (χ3v) is 2.10. The van der Waals surface area contributed by atoms with Crippen molar-refractivity contribution in [2.75, 3.05) is 0 Å². The molecule has 0 saturated carbocycles. The van der Waals surface area contributed by atoms with Crippen LogP contribution >= 0.6 is 0 Å². The van der Waals surface area contributed by atoms with Crippen LogP contribution in [0.4, 0.5) is 5.95 Å². The van der Waals surface area contributed by atoms with E-state index in [9.17, 15) is 14.9 Å². The lowest BCUT2D eigenvalue weighted by atomic mass is 10.1. The molecule has 0 amide bonds. The van der Waals surface area contributed by atoms with Crippen molar-refractivity contribution in [3.63, 3.8) is 0 Å². The van der Waals surface area contributed by atoms with Gasteiger partial charge in [0.15, 0.2) is 6.04 Å². The second-order valence-corrected chi connectivity index (χ2v) is 3.28. The summed E-state index contributed by atoms with van der Waals surface area (Å²) in [5.41, 5.74) is 0. The molecule has 8 heteroatoms. The van der Waals surface area contributed by atoms with Gasteiger partial charge >= 0.3 is 11.9 Å². The second-order valence-electron chi connectivity index (χ2n) is 3.28. The Morgan fingerprint density at radius 2 is 2.44 bits per heavy atom. The van der Waals surface area contributed by atoms with E-state index in [4.69, 9.17) is 5.11 Å². The van der Waals surface area contributed by atoms with Crippen LogP contribution in [0.25, 0.3) is 0 Å². The minimum Gasteiger partial charge on any atom is -0.480 e. The average molecular weight is 228 g/mol. The summed E-state index contributed by atoms with van der Waals surface area (Å²) in [6.07, 6.45) is 3.02. The Morgan fingerprint density at radius 1 is 1.75 bits per heavy atom. The summed E-state index contributed by atoms with van der Waals surface area (Å²) in [6.45, 7) is 1.93. The largest absolute Gasteiger partial charge is 0.490 e. The maximum atomic E-state index is 10.9. The standard InChI is InChI=1S/C8H12N4O4/c1-2-3-4-6(7(13)14)11-5-9-8(10-11)12(15)16/h5-6H,2-4H2,1H3,(H,13,14). The highest BCUT2D eigenvalue weighted by Crippen LogP contribution is 2.15. The summed E-state index contributed by atoms with van der Waals surface area (Å²) >= 11 is 0. The lowest BCUT2D eigenvalue weighted by Gasteiger charge is -2.07. The molecule has 1 aromatic heterocycles. The van der Waals surface area contributed by atoms with E-state index in [0.29, 0.717) is 12.8 Å². The van der Waals surface area contributed by atoms with Gasteiger partial charge in [-0.25, -0.2) is 4.79 Å². The normalized spacial score (nSPS) is 12.3. The van der Waals surface area contributed by atoms with Crippen molar-refractivity contribution in [3.05, 3.63) is 16.4 Å². The van der Waals surface area contributed by atoms with E-state index in [1.165, 1.54) is 0 Å². The van der Waals surface area contributed by atoms with Gasteiger partial charge in [-0.2, -0.15) is 4.68 Å². The number of rotatable bonds is 6. The third-order valence-electron chi connectivity index (χ3n) is 2.10. The van der Waals surface area contributed by atoms with E-state index >= 15 is 0 Å². The van der Waals surface area contributed by atoms with E-state index in [2.05, 4.69) is 10.1 Å². The smallest absolute Gasteiger partial charge is 0.480 e. The van der Waals surface area contributed by atoms with Crippen molar-refractivity contribution in [1.82, 2.24) is 14.8 Å². The van der Waals surface area contributed by atoms with Gasteiger partial charge in [0.1, 0.15) is 0 Å². The number of aromatic nitrogens is 3. The molecular formula is C8H12N4O4. The first kappa shape index (κ1) is 12.1. The van der Waals surface area contributed by atoms with Gasteiger partial charge < -0.3 is 15.2 Å². The molecule has 1 atom stereocenters. The highest BCUT2D eigenvalue weighted by atomic mass is 16.6. The lowest BCUT2D eigenvalue weighted by Crippen LogP contribution is -2.19. The summed E-state index contributed by atoms with van der Waals surface area (Å²) in [7, 11) is 0. The highest BCUT2D eigenvalue weighted by molar-refractivity contribution is 5.71. The first-order valence-electron chi connectivity index (χ1n) is 4.84. The quantitative estimate of drug-likeness (QED) is 0.574. The molecule has 0 radical (unpaired) electrons. The van der Waals surface area contributed by atoms with Crippen LogP contribution in [0.2, 0.25) is 0 Å². The van der Waals surface area contributed by atoms with Crippen molar-refractivity contribution in [2.24, 2.45) is 0 Å². The topological polar surface area (TPSA) is 111 Å². The number of nitro groups is 1. The van der Waals surface area contributed by atoms with Crippen molar-refractivity contribution in [2.45, 2.75) is 32.2 Å². The fourth-order valence-corrected chi connectivity index (χ4v) is 1.27.